The molecule has 7 nitrogen and oxygen atoms in total. The van der Waals surface area contributed by atoms with E-state index in [9.17, 15) is 9.59 Å². The molecule has 1 N–H and O–H groups in total. The van der Waals surface area contributed by atoms with E-state index in [1.54, 1.807) is 24.3 Å². The van der Waals surface area contributed by atoms with Crippen LogP contribution < -0.4 is 10.1 Å². The van der Waals surface area contributed by atoms with Gasteiger partial charge in [0.1, 0.15) is 11.3 Å². The molecule has 3 aromatic rings. The topological polar surface area (TPSA) is 84.7 Å². The third-order valence-electron chi connectivity index (χ3n) is 5.72. The highest BCUT2D eigenvalue weighted by molar-refractivity contribution is 6.30. The van der Waals surface area contributed by atoms with Crippen molar-refractivity contribution in [3.05, 3.63) is 53.4 Å². The zero-order valence-corrected chi connectivity index (χ0v) is 18.2. The molecule has 0 bridgehead atoms. The number of fused-ring (bicyclic) bond motifs is 1. The highest BCUT2D eigenvalue weighted by atomic mass is 35.5. The summed E-state index contributed by atoms with van der Waals surface area (Å²) in [6.07, 6.45) is 4.93. The zero-order valence-electron chi connectivity index (χ0n) is 17.4. The Morgan fingerprint density at radius 3 is 2.55 bits per heavy atom. The van der Waals surface area contributed by atoms with Gasteiger partial charge in [-0.3, -0.25) is 4.79 Å². The number of carbonyl (C=O) groups excluding carboxylic acids is 2. The van der Waals surface area contributed by atoms with Gasteiger partial charge in [-0.25, -0.2) is 9.78 Å². The fraction of sp³-hybridized carbons (Fsp3) is 0.348. The average Bonchev–Trinajstić information content (AvgIpc) is 3.14. The van der Waals surface area contributed by atoms with Gasteiger partial charge < -0.3 is 19.4 Å². The Hall–Kier alpha value is -2.90. The van der Waals surface area contributed by atoms with Crippen molar-refractivity contribution < 1.29 is 18.7 Å². The highest BCUT2D eigenvalue weighted by Crippen LogP contribution is 2.34. The molecule has 2 aromatic heterocycles. The van der Waals surface area contributed by atoms with Crippen LogP contribution in [-0.2, 0) is 4.79 Å². The highest BCUT2D eigenvalue weighted by Gasteiger charge is 2.30. The summed E-state index contributed by atoms with van der Waals surface area (Å²) in [7, 11) is 4.13. The number of nitrogens with zero attached hydrogens (tertiary/aromatic N) is 2. The molecule has 1 aromatic carbocycles. The van der Waals surface area contributed by atoms with Crippen molar-refractivity contribution in [3.63, 3.8) is 0 Å². The number of carbonyl (C=O) groups is 2. The van der Waals surface area contributed by atoms with Gasteiger partial charge in [-0.15, -0.1) is 0 Å². The lowest BCUT2D eigenvalue weighted by molar-refractivity contribution is -0.121. The predicted octanol–water partition coefficient (Wildman–Crippen LogP) is 4.76. The van der Waals surface area contributed by atoms with Crippen LogP contribution in [-0.4, -0.2) is 41.9 Å². The largest absolute Gasteiger partial charge is 0.447 e. The quantitative estimate of drug-likeness (QED) is 0.574. The first-order valence-electron chi connectivity index (χ1n) is 10.2. The second kappa shape index (κ2) is 9.08. The second-order valence-electron chi connectivity index (χ2n) is 7.96. The summed E-state index contributed by atoms with van der Waals surface area (Å²) in [5, 5.41) is 4.01. The number of para-hydroxylation sites is 1. The number of halogens is 1. The van der Waals surface area contributed by atoms with Crippen molar-refractivity contribution in [2.45, 2.75) is 31.7 Å². The first-order chi connectivity index (χ1) is 14.9. The van der Waals surface area contributed by atoms with Crippen LogP contribution in [0.15, 0.2) is 47.0 Å². The number of anilines is 1. The number of hydrogen-bond donors (Lipinski definition) is 1. The van der Waals surface area contributed by atoms with E-state index in [1.165, 1.54) is 12.3 Å². The van der Waals surface area contributed by atoms with E-state index in [0.29, 0.717) is 27.7 Å². The normalized spacial score (nSPS) is 18.8. The van der Waals surface area contributed by atoms with Gasteiger partial charge in [0.05, 0.1) is 5.02 Å². The maximum Gasteiger partial charge on any atom is 0.383 e. The lowest BCUT2D eigenvalue weighted by atomic mass is 9.85. The van der Waals surface area contributed by atoms with Crippen molar-refractivity contribution in [2.24, 2.45) is 5.92 Å². The summed E-state index contributed by atoms with van der Waals surface area (Å²) < 4.78 is 11.1. The van der Waals surface area contributed by atoms with Crippen LogP contribution in [0.2, 0.25) is 5.02 Å². The summed E-state index contributed by atoms with van der Waals surface area (Å²) in [4.78, 5) is 32.0. The van der Waals surface area contributed by atoms with Crippen molar-refractivity contribution in [1.82, 2.24) is 9.88 Å². The van der Waals surface area contributed by atoms with E-state index in [2.05, 4.69) is 29.3 Å². The lowest BCUT2D eigenvalue weighted by Gasteiger charge is -2.31. The molecule has 1 amide bonds. The van der Waals surface area contributed by atoms with E-state index < -0.39 is 5.97 Å². The zero-order chi connectivity index (χ0) is 22.0. The van der Waals surface area contributed by atoms with E-state index in [0.717, 1.165) is 25.7 Å². The Labute approximate surface area is 185 Å². The van der Waals surface area contributed by atoms with Crippen LogP contribution in [0.4, 0.5) is 5.69 Å². The molecule has 4 rings (SSSR count). The molecule has 0 spiro atoms. The van der Waals surface area contributed by atoms with Gasteiger partial charge in [0, 0.05) is 29.6 Å². The van der Waals surface area contributed by atoms with Gasteiger partial charge in [0.15, 0.2) is 0 Å². The van der Waals surface area contributed by atoms with Gasteiger partial charge in [-0.05, 0) is 58.0 Å². The van der Waals surface area contributed by atoms with Gasteiger partial charge in [-0.2, -0.15) is 0 Å². The summed E-state index contributed by atoms with van der Waals surface area (Å²) in [5.41, 5.74) is 0.819. The lowest BCUT2D eigenvalue weighted by Crippen LogP contribution is -2.35. The SMILES string of the molecule is CN(C)C1CCC(C(=O)Nc2c(C(=O)Oc3ccc(Cl)cn3)oc3ccccc23)CC1. The number of amides is 1. The molecule has 31 heavy (non-hydrogen) atoms. The molecule has 162 valence electrons. The molecule has 0 radical (unpaired) electrons. The van der Waals surface area contributed by atoms with Crippen molar-refractivity contribution >= 4 is 40.1 Å². The monoisotopic (exact) mass is 441 g/mol. The van der Waals surface area contributed by atoms with E-state index in [4.69, 9.17) is 20.8 Å². The van der Waals surface area contributed by atoms with Gasteiger partial charge in [-0.1, -0.05) is 23.7 Å². The number of nitrogens with one attached hydrogen (secondary N) is 1. The Bertz CT molecular complexity index is 1090. The Kier molecular flexibility index (Phi) is 6.25. The fourth-order valence-corrected chi connectivity index (χ4v) is 4.07. The molecule has 1 aliphatic carbocycles. The van der Waals surface area contributed by atoms with Crippen molar-refractivity contribution in [1.29, 1.82) is 0 Å². The number of hydrogen-bond acceptors (Lipinski definition) is 6. The molecular weight excluding hydrogens is 418 g/mol. The Morgan fingerprint density at radius 2 is 1.87 bits per heavy atom. The minimum absolute atomic E-state index is 0.0618. The van der Waals surface area contributed by atoms with Crippen LogP contribution in [0.3, 0.4) is 0 Å². The number of aromatic nitrogens is 1. The summed E-state index contributed by atoms with van der Waals surface area (Å²) >= 11 is 5.83. The standard InChI is InChI=1S/C23H24ClN3O4/c1-27(2)16-10-7-14(8-11-16)22(28)26-20-17-5-3-4-6-18(17)30-21(20)23(29)31-19-12-9-15(24)13-25-19/h3-6,9,12-14,16H,7-8,10-11H2,1-2H3,(H,26,28). The smallest absolute Gasteiger partial charge is 0.383 e. The van der Waals surface area contributed by atoms with Crippen LogP contribution in [0.5, 0.6) is 5.88 Å². The molecule has 0 saturated heterocycles. The maximum atomic E-state index is 13.0. The summed E-state index contributed by atoms with van der Waals surface area (Å²) in [6, 6.07) is 10.7. The molecule has 0 unspecified atom stereocenters. The molecule has 0 aliphatic heterocycles. The van der Waals surface area contributed by atoms with Crippen LogP contribution in [0.25, 0.3) is 11.0 Å². The maximum absolute atomic E-state index is 13.0. The van der Waals surface area contributed by atoms with Gasteiger partial charge in [0.25, 0.3) is 0 Å². The Morgan fingerprint density at radius 1 is 1.13 bits per heavy atom. The average molecular weight is 442 g/mol. The number of furan rings is 1. The molecular formula is C23H24ClN3O4. The van der Waals surface area contributed by atoms with E-state index in [-0.39, 0.29) is 23.5 Å². The minimum atomic E-state index is -0.738. The molecule has 0 atom stereocenters. The third-order valence-corrected chi connectivity index (χ3v) is 5.95. The number of benzene rings is 1. The van der Waals surface area contributed by atoms with E-state index >= 15 is 0 Å². The fourth-order valence-electron chi connectivity index (χ4n) is 3.96. The number of pyridine rings is 1. The van der Waals surface area contributed by atoms with Crippen molar-refractivity contribution in [2.75, 3.05) is 19.4 Å². The number of esters is 1. The number of ether oxygens (including phenoxy) is 1. The third kappa shape index (κ3) is 4.73. The molecule has 1 saturated carbocycles. The van der Waals surface area contributed by atoms with Crippen LogP contribution >= 0.6 is 11.6 Å². The van der Waals surface area contributed by atoms with Crippen LogP contribution in [0.1, 0.15) is 36.2 Å². The molecule has 2 heterocycles. The molecule has 8 heteroatoms. The predicted molar refractivity (Wildman–Crippen MR) is 118 cm³/mol. The first kappa shape index (κ1) is 21.3. The van der Waals surface area contributed by atoms with E-state index in [1.807, 2.05) is 6.07 Å². The van der Waals surface area contributed by atoms with Gasteiger partial charge in [0.2, 0.25) is 17.5 Å². The van der Waals surface area contributed by atoms with Crippen LogP contribution in [0, 0.1) is 5.92 Å². The second-order valence-corrected chi connectivity index (χ2v) is 8.40. The minimum Gasteiger partial charge on any atom is -0.447 e. The first-order valence-corrected chi connectivity index (χ1v) is 10.6. The van der Waals surface area contributed by atoms with Gasteiger partial charge >= 0.3 is 5.97 Å². The molecule has 1 fully saturated rings. The summed E-state index contributed by atoms with van der Waals surface area (Å²) in [6.45, 7) is 0. The summed E-state index contributed by atoms with van der Waals surface area (Å²) in [5.74, 6) is -0.922. The van der Waals surface area contributed by atoms with Crippen molar-refractivity contribution in [3.8, 4) is 5.88 Å². The molecule has 1 aliphatic rings. The Balaban J connectivity index is 1.56. The number of rotatable bonds is 5.